The van der Waals surface area contributed by atoms with Gasteiger partial charge in [-0.2, -0.15) is 0 Å². The number of nitrogens with zero attached hydrogens (tertiary/aromatic N) is 3. The monoisotopic (exact) mass is 567 g/mol. The van der Waals surface area contributed by atoms with Crippen molar-refractivity contribution in [3.8, 4) is 0 Å². The van der Waals surface area contributed by atoms with Crippen LogP contribution in [0, 0.1) is 23.7 Å². The summed E-state index contributed by atoms with van der Waals surface area (Å²) in [6, 6.07) is 4.14. The van der Waals surface area contributed by atoms with Gasteiger partial charge in [-0.3, -0.25) is 24.4 Å². The Morgan fingerprint density at radius 3 is 2.45 bits per heavy atom. The van der Waals surface area contributed by atoms with Crippen molar-refractivity contribution in [2.75, 3.05) is 39.8 Å². The van der Waals surface area contributed by atoms with Crippen molar-refractivity contribution in [2.24, 2.45) is 28.7 Å². The third-order valence-corrected chi connectivity index (χ3v) is 7.55. The van der Waals surface area contributed by atoms with Gasteiger partial charge in [0.05, 0.1) is 24.1 Å². The number of allylic oxidation sites excluding steroid dienone is 2. The van der Waals surface area contributed by atoms with Gasteiger partial charge in [0.25, 0.3) is 0 Å². The summed E-state index contributed by atoms with van der Waals surface area (Å²) in [7, 11) is 1.75. The van der Waals surface area contributed by atoms with E-state index in [0.29, 0.717) is 26.1 Å². The van der Waals surface area contributed by atoms with Crippen LogP contribution in [0.4, 0.5) is 0 Å². The van der Waals surface area contributed by atoms with Crippen LogP contribution in [0.5, 0.6) is 0 Å². The Hall–Kier alpha value is -1.88. The minimum atomic E-state index is -0.107. The smallest absolute Gasteiger partial charge is 0.233 e. The van der Waals surface area contributed by atoms with Gasteiger partial charge >= 0.3 is 0 Å². The van der Waals surface area contributed by atoms with Gasteiger partial charge in [-0.25, -0.2) is 0 Å². The number of hydrogen-bond acceptors (Lipinski definition) is 5. The molecule has 33 heavy (non-hydrogen) atoms. The van der Waals surface area contributed by atoms with Gasteiger partial charge in [-0.05, 0) is 62.7 Å². The van der Waals surface area contributed by atoms with Gasteiger partial charge in [0.1, 0.15) is 5.76 Å². The predicted molar refractivity (Wildman–Crippen MR) is 136 cm³/mol. The SMILES string of the molecule is CN=C(NCCCN1C(=O)C2C3C=CC(C3)C2C1=O)NCC(c1ccco1)N1CCCC1.I. The van der Waals surface area contributed by atoms with Crippen molar-refractivity contribution in [3.05, 3.63) is 36.3 Å². The molecule has 2 aliphatic carbocycles. The van der Waals surface area contributed by atoms with E-state index >= 15 is 0 Å². The Morgan fingerprint density at radius 2 is 1.85 bits per heavy atom. The van der Waals surface area contributed by atoms with Gasteiger partial charge in [0.2, 0.25) is 11.8 Å². The molecule has 2 amide bonds. The van der Waals surface area contributed by atoms with E-state index in [0.717, 1.165) is 31.2 Å². The maximum Gasteiger partial charge on any atom is 0.233 e. The van der Waals surface area contributed by atoms with Gasteiger partial charge in [-0.15, -0.1) is 24.0 Å². The molecule has 5 rings (SSSR count). The molecule has 0 spiro atoms. The highest BCUT2D eigenvalue weighted by atomic mass is 127. The third-order valence-electron chi connectivity index (χ3n) is 7.55. The molecule has 8 nitrogen and oxygen atoms in total. The highest BCUT2D eigenvalue weighted by Gasteiger charge is 2.58. The first-order chi connectivity index (χ1) is 15.7. The van der Waals surface area contributed by atoms with Crippen LogP contribution in [0.25, 0.3) is 0 Å². The summed E-state index contributed by atoms with van der Waals surface area (Å²) in [6.07, 6.45) is 10.1. The standard InChI is InChI=1S/C24H33N5O3.HI/c1-25-24(27-15-18(19-6-4-13-32-19)28-10-2-3-11-28)26-9-5-12-29-22(30)20-16-7-8-17(14-16)21(20)23(29)31;/h4,6-8,13,16-18,20-21H,2-3,5,9-12,14-15H2,1H3,(H2,25,26,27);1H. The molecule has 9 heteroatoms. The molecule has 4 aliphatic rings. The second-order valence-corrected chi connectivity index (χ2v) is 9.34. The Bertz CT molecular complexity index is 866. The average molecular weight is 567 g/mol. The molecule has 1 aromatic rings. The molecule has 2 saturated heterocycles. The molecule has 0 aromatic carbocycles. The zero-order valence-electron chi connectivity index (χ0n) is 19.1. The van der Waals surface area contributed by atoms with E-state index in [1.54, 1.807) is 13.3 Å². The lowest BCUT2D eigenvalue weighted by Crippen LogP contribution is -2.43. The van der Waals surface area contributed by atoms with Crippen LogP contribution >= 0.6 is 24.0 Å². The molecule has 180 valence electrons. The maximum absolute atomic E-state index is 12.8. The number of nitrogens with one attached hydrogen (secondary N) is 2. The Kier molecular flexibility index (Phi) is 7.78. The van der Waals surface area contributed by atoms with E-state index in [9.17, 15) is 9.59 Å². The molecule has 2 N–H and O–H groups in total. The molecular weight excluding hydrogens is 533 g/mol. The average Bonchev–Trinajstić information content (AvgIpc) is 3.62. The number of rotatable bonds is 8. The first-order valence-corrected chi connectivity index (χ1v) is 11.9. The van der Waals surface area contributed by atoms with Crippen molar-refractivity contribution >= 4 is 41.8 Å². The van der Waals surface area contributed by atoms with Crippen LogP contribution in [0.1, 0.15) is 37.5 Å². The van der Waals surface area contributed by atoms with Gasteiger partial charge in [-0.1, -0.05) is 12.2 Å². The molecular formula is C24H34IN5O3. The number of carbonyl (C=O) groups is 2. The third kappa shape index (κ3) is 4.71. The van der Waals surface area contributed by atoms with Crippen molar-refractivity contribution in [1.29, 1.82) is 0 Å². The van der Waals surface area contributed by atoms with Gasteiger partial charge in [0.15, 0.2) is 5.96 Å². The lowest BCUT2D eigenvalue weighted by molar-refractivity contribution is -0.140. The number of guanidine groups is 1. The van der Waals surface area contributed by atoms with Crippen molar-refractivity contribution in [1.82, 2.24) is 20.4 Å². The number of likely N-dealkylation sites (tertiary alicyclic amines) is 2. The first kappa shape index (κ1) is 24.3. The maximum atomic E-state index is 12.8. The lowest BCUT2D eigenvalue weighted by Gasteiger charge is -2.26. The van der Waals surface area contributed by atoms with Crippen molar-refractivity contribution < 1.29 is 14.0 Å². The summed E-state index contributed by atoms with van der Waals surface area (Å²) in [4.78, 5) is 33.9. The molecule has 5 atom stereocenters. The summed E-state index contributed by atoms with van der Waals surface area (Å²) < 4.78 is 5.68. The number of halogens is 1. The number of aliphatic imine (C=N–C) groups is 1. The van der Waals surface area contributed by atoms with E-state index < -0.39 is 0 Å². The molecule has 3 heterocycles. The summed E-state index contributed by atoms with van der Waals surface area (Å²) >= 11 is 0. The van der Waals surface area contributed by atoms with Crippen LogP contribution in [0.3, 0.4) is 0 Å². The second-order valence-electron chi connectivity index (χ2n) is 9.34. The van der Waals surface area contributed by atoms with E-state index in [2.05, 4.69) is 32.7 Å². The number of imide groups is 1. The summed E-state index contributed by atoms with van der Waals surface area (Å²) in [5.74, 6) is 2.08. The molecule has 0 radical (unpaired) electrons. The molecule has 2 bridgehead atoms. The topological polar surface area (TPSA) is 90.2 Å². The normalized spacial score (nSPS) is 29.5. The summed E-state index contributed by atoms with van der Waals surface area (Å²) in [6.45, 7) is 3.98. The molecule has 2 aliphatic heterocycles. The fourth-order valence-corrected chi connectivity index (χ4v) is 5.99. The number of hydrogen-bond donors (Lipinski definition) is 2. The zero-order chi connectivity index (χ0) is 22.1. The van der Waals surface area contributed by atoms with Gasteiger partial charge < -0.3 is 15.1 Å². The Morgan fingerprint density at radius 1 is 1.15 bits per heavy atom. The number of amides is 2. The van der Waals surface area contributed by atoms with E-state index in [-0.39, 0.29) is 65.5 Å². The van der Waals surface area contributed by atoms with E-state index in [1.807, 2.05) is 12.1 Å². The van der Waals surface area contributed by atoms with Crippen LogP contribution in [0.2, 0.25) is 0 Å². The minimum Gasteiger partial charge on any atom is -0.468 e. The molecule has 3 fully saturated rings. The van der Waals surface area contributed by atoms with E-state index in [4.69, 9.17) is 4.42 Å². The van der Waals surface area contributed by atoms with Gasteiger partial charge in [0, 0.05) is 26.7 Å². The predicted octanol–water partition coefficient (Wildman–Crippen LogP) is 2.40. The second kappa shape index (κ2) is 10.6. The van der Waals surface area contributed by atoms with Crippen LogP contribution in [0.15, 0.2) is 40.0 Å². The fourth-order valence-electron chi connectivity index (χ4n) is 5.99. The largest absolute Gasteiger partial charge is 0.468 e. The lowest BCUT2D eigenvalue weighted by atomic mass is 9.85. The quantitative estimate of drug-likeness (QED) is 0.125. The Labute approximate surface area is 212 Å². The number of furan rings is 1. The van der Waals surface area contributed by atoms with Crippen LogP contribution in [-0.2, 0) is 9.59 Å². The number of fused-ring (bicyclic) bond motifs is 5. The summed E-state index contributed by atoms with van der Waals surface area (Å²) in [5.41, 5.74) is 0. The highest BCUT2D eigenvalue weighted by Crippen LogP contribution is 2.52. The molecule has 5 unspecified atom stereocenters. The van der Waals surface area contributed by atoms with E-state index in [1.165, 1.54) is 17.7 Å². The first-order valence-electron chi connectivity index (χ1n) is 11.9. The van der Waals surface area contributed by atoms with Crippen LogP contribution in [-0.4, -0.2) is 67.3 Å². The fraction of sp³-hybridized carbons (Fsp3) is 0.625. The number of carbonyl (C=O) groups excluding carboxylic acids is 2. The Balaban J connectivity index is 0.00000259. The highest BCUT2D eigenvalue weighted by molar-refractivity contribution is 14.0. The van der Waals surface area contributed by atoms with Crippen molar-refractivity contribution in [2.45, 2.75) is 31.7 Å². The summed E-state index contributed by atoms with van der Waals surface area (Å²) in [5, 5.41) is 6.74. The molecule has 1 saturated carbocycles. The minimum absolute atomic E-state index is 0. The van der Waals surface area contributed by atoms with Crippen molar-refractivity contribution in [3.63, 3.8) is 0 Å². The zero-order valence-corrected chi connectivity index (χ0v) is 21.4. The molecule has 1 aromatic heterocycles. The van der Waals surface area contributed by atoms with Crippen LogP contribution < -0.4 is 10.6 Å².